The Balaban J connectivity index is 1.31. The predicted molar refractivity (Wildman–Crippen MR) is 131 cm³/mol. The number of carbonyl (C=O) groups excluding carboxylic acids is 4. The average molecular weight is 491 g/mol. The van der Waals surface area contributed by atoms with Crippen molar-refractivity contribution in [1.82, 2.24) is 4.90 Å². The Hall–Kier alpha value is -3.68. The van der Waals surface area contributed by atoms with Gasteiger partial charge in [0, 0.05) is 6.42 Å². The number of nitrogens with zero attached hydrogens (tertiary/aromatic N) is 1. The number of likely N-dealkylation sites (tertiary alicyclic amines) is 1. The molecule has 3 amide bonds. The molecular weight excluding hydrogens is 460 g/mol. The van der Waals surface area contributed by atoms with Gasteiger partial charge in [-0.1, -0.05) is 42.5 Å². The molecular formula is C28H30N2O6. The van der Waals surface area contributed by atoms with Crippen LogP contribution in [0.3, 0.4) is 0 Å². The van der Waals surface area contributed by atoms with E-state index in [2.05, 4.69) is 5.32 Å². The number of benzene rings is 2. The Morgan fingerprint density at radius 1 is 0.972 bits per heavy atom. The molecule has 2 aromatic rings. The fourth-order valence-electron chi connectivity index (χ4n) is 6.13. The molecule has 36 heavy (non-hydrogen) atoms. The quantitative estimate of drug-likeness (QED) is 0.428. The van der Waals surface area contributed by atoms with Gasteiger partial charge in [0.25, 0.3) is 5.91 Å². The molecule has 188 valence electrons. The highest BCUT2D eigenvalue weighted by Crippen LogP contribution is 2.56. The van der Waals surface area contributed by atoms with Crippen LogP contribution in [0.4, 0.5) is 5.69 Å². The lowest BCUT2D eigenvalue weighted by atomic mass is 9.81. The van der Waals surface area contributed by atoms with Crippen molar-refractivity contribution in [1.29, 1.82) is 0 Å². The number of para-hydroxylation sites is 2. The number of rotatable bonds is 9. The minimum atomic E-state index is -1.11. The Morgan fingerprint density at radius 3 is 2.28 bits per heavy atom. The van der Waals surface area contributed by atoms with Gasteiger partial charge in [0.15, 0.2) is 6.61 Å². The van der Waals surface area contributed by atoms with E-state index in [1.165, 1.54) is 0 Å². The van der Waals surface area contributed by atoms with Crippen LogP contribution in [0.15, 0.2) is 54.6 Å². The van der Waals surface area contributed by atoms with Crippen LogP contribution in [0.2, 0.25) is 0 Å². The van der Waals surface area contributed by atoms with Gasteiger partial charge in [-0.15, -0.1) is 0 Å². The largest absolute Gasteiger partial charge is 0.492 e. The fraction of sp³-hybridized carbons (Fsp3) is 0.429. The lowest BCUT2D eigenvalue weighted by molar-refractivity contribution is -0.160. The summed E-state index contributed by atoms with van der Waals surface area (Å²) in [6.45, 7) is 1.73. The van der Waals surface area contributed by atoms with Crippen molar-refractivity contribution in [3.05, 3.63) is 60.2 Å². The first-order valence-corrected chi connectivity index (χ1v) is 12.6. The number of carbonyl (C=O) groups is 4. The molecule has 1 saturated heterocycles. The molecule has 2 aliphatic carbocycles. The molecule has 3 fully saturated rings. The highest BCUT2D eigenvalue weighted by molar-refractivity contribution is 6.08. The van der Waals surface area contributed by atoms with Gasteiger partial charge in [-0.2, -0.15) is 0 Å². The molecule has 0 aromatic heterocycles. The van der Waals surface area contributed by atoms with Gasteiger partial charge in [-0.25, -0.2) is 4.79 Å². The molecule has 1 aliphatic heterocycles. The summed E-state index contributed by atoms with van der Waals surface area (Å²) in [7, 11) is 0. The molecule has 2 aromatic carbocycles. The second-order valence-electron chi connectivity index (χ2n) is 9.72. The number of anilines is 1. The van der Waals surface area contributed by atoms with Crippen LogP contribution in [-0.2, 0) is 30.3 Å². The molecule has 0 unspecified atom stereocenters. The number of hydrogen-bond acceptors (Lipinski definition) is 6. The predicted octanol–water partition coefficient (Wildman–Crippen LogP) is 3.21. The Labute approximate surface area is 209 Å². The lowest BCUT2D eigenvalue weighted by Gasteiger charge is -2.26. The summed E-state index contributed by atoms with van der Waals surface area (Å²) < 4.78 is 10.9. The smallest absolute Gasteiger partial charge is 0.330 e. The molecule has 1 heterocycles. The molecule has 2 bridgehead atoms. The van der Waals surface area contributed by atoms with E-state index >= 15 is 0 Å². The molecule has 5 atom stereocenters. The van der Waals surface area contributed by atoms with E-state index in [1.54, 1.807) is 24.3 Å². The zero-order chi connectivity index (χ0) is 25.2. The summed E-state index contributed by atoms with van der Waals surface area (Å²) in [5.74, 6) is -1.58. The number of imide groups is 1. The van der Waals surface area contributed by atoms with Crippen molar-refractivity contribution in [3.63, 3.8) is 0 Å². The Bertz CT molecular complexity index is 1140. The van der Waals surface area contributed by atoms with Gasteiger partial charge in [-0.05, 0) is 55.7 Å². The molecule has 3 aliphatic rings. The van der Waals surface area contributed by atoms with Crippen molar-refractivity contribution in [2.75, 3.05) is 18.5 Å². The van der Waals surface area contributed by atoms with Gasteiger partial charge in [-0.3, -0.25) is 19.3 Å². The fourth-order valence-corrected chi connectivity index (χ4v) is 6.13. The zero-order valence-corrected chi connectivity index (χ0v) is 20.2. The van der Waals surface area contributed by atoms with Crippen LogP contribution in [0.25, 0.3) is 0 Å². The van der Waals surface area contributed by atoms with E-state index in [1.807, 2.05) is 37.3 Å². The summed E-state index contributed by atoms with van der Waals surface area (Å²) in [6, 6.07) is 15.1. The van der Waals surface area contributed by atoms with Crippen molar-refractivity contribution in [2.24, 2.45) is 23.7 Å². The van der Waals surface area contributed by atoms with E-state index in [0.717, 1.165) is 29.7 Å². The van der Waals surface area contributed by atoms with Crippen LogP contribution in [-0.4, -0.2) is 47.8 Å². The number of amides is 3. The Morgan fingerprint density at radius 2 is 1.61 bits per heavy atom. The van der Waals surface area contributed by atoms with E-state index in [9.17, 15) is 19.2 Å². The number of esters is 1. The summed E-state index contributed by atoms with van der Waals surface area (Å²) in [5.41, 5.74) is 1.27. The molecule has 1 N–H and O–H groups in total. The third-order valence-electron chi connectivity index (χ3n) is 7.62. The molecule has 0 spiro atoms. The summed E-state index contributed by atoms with van der Waals surface area (Å²) in [5, 5.41) is 2.69. The van der Waals surface area contributed by atoms with E-state index < -0.39 is 24.5 Å². The third-order valence-corrected chi connectivity index (χ3v) is 7.62. The van der Waals surface area contributed by atoms with Crippen molar-refractivity contribution in [3.8, 4) is 5.75 Å². The van der Waals surface area contributed by atoms with Gasteiger partial charge >= 0.3 is 5.97 Å². The minimum absolute atomic E-state index is 0.140. The first-order chi connectivity index (χ1) is 17.5. The zero-order valence-electron chi connectivity index (χ0n) is 20.2. The molecule has 8 heteroatoms. The van der Waals surface area contributed by atoms with Crippen LogP contribution in [0.5, 0.6) is 5.75 Å². The summed E-state index contributed by atoms with van der Waals surface area (Å²) in [6.07, 6.45) is 2.96. The first kappa shape index (κ1) is 24.0. The second-order valence-corrected chi connectivity index (χ2v) is 9.72. The van der Waals surface area contributed by atoms with E-state index in [0.29, 0.717) is 18.0 Å². The highest BCUT2D eigenvalue weighted by Gasteiger charge is 2.62. The normalized spacial score (nSPS) is 25.0. The van der Waals surface area contributed by atoms with Crippen molar-refractivity contribution < 1.29 is 28.7 Å². The SMILES string of the molecule is CCOc1ccccc1NC(=O)COC(=O)[C@H](Cc1ccccc1)N1C(=O)[C@@H]2[C@H]3CC[C@@H](C3)[C@@H]2C1=O. The molecule has 5 rings (SSSR count). The van der Waals surface area contributed by atoms with Gasteiger partial charge in [0.05, 0.1) is 24.1 Å². The highest BCUT2D eigenvalue weighted by atomic mass is 16.5. The average Bonchev–Trinajstić information content (AvgIpc) is 3.57. The van der Waals surface area contributed by atoms with E-state index in [-0.39, 0.29) is 41.9 Å². The van der Waals surface area contributed by atoms with Crippen LogP contribution >= 0.6 is 0 Å². The lowest BCUT2D eigenvalue weighted by Crippen LogP contribution is -2.48. The maximum atomic E-state index is 13.4. The number of ether oxygens (including phenoxy) is 2. The minimum Gasteiger partial charge on any atom is -0.492 e. The van der Waals surface area contributed by atoms with Crippen molar-refractivity contribution >= 4 is 29.4 Å². The van der Waals surface area contributed by atoms with Crippen molar-refractivity contribution in [2.45, 2.75) is 38.6 Å². The third kappa shape index (κ3) is 4.47. The molecule has 0 radical (unpaired) electrons. The topological polar surface area (TPSA) is 102 Å². The molecule has 8 nitrogen and oxygen atoms in total. The maximum Gasteiger partial charge on any atom is 0.330 e. The summed E-state index contributed by atoms with van der Waals surface area (Å²) in [4.78, 5) is 53.8. The second kappa shape index (κ2) is 10.1. The molecule has 2 saturated carbocycles. The number of fused-ring (bicyclic) bond motifs is 5. The summed E-state index contributed by atoms with van der Waals surface area (Å²) >= 11 is 0. The van der Waals surface area contributed by atoms with Gasteiger partial charge < -0.3 is 14.8 Å². The van der Waals surface area contributed by atoms with Crippen LogP contribution < -0.4 is 10.1 Å². The van der Waals surface area contributed by atoms with Gasteiger partial charge in [0.2, 0.25) is 11.8 Å². The standard InChI is InChI=1S/C28H30N2O6/c1-2-35-22-11-7-6-10-20(22)29-23(31)16-36-28(34)21(14-17-8-4-3-5-9-17)30-26(32)24-18-12-13-19(15-18)25(24)27(30)33/h3-11,18-19,21,24-25H,2,12-16H2,1H3,(H,29,31)/t18-,19-,21-,24-,25+/m0/s1. The monoisotopic (exact) mass is 490 g/mol. The first-order valence-electron chi connectivity index (χ1n) is 12.6. The van der Waals surface area contributed by atoms with Gasteiger partial charge in [0.1, 0.15) is 11.8 Å². The number of nitrogens with one attached hydrogen (secondary N) is 1. The van der Waals surface area contributed by atoms with Crippen LogP contribution in [0.1, 0.15) is 31.7 Å². The van der Waals surface area contributed by atoms with E-state index in [4.69, 9.17) is 9.47 Å². The Kier molecular flexibility index (Phi) is 6.76. The maximum absolute atomic E-state index is 13.4. The van der Waals surface area contributed by atoms with Crippen LogP contribution in [0, 0.1) is 23.7 Å². The number of hydrogen-bond donors (Lipinski definition) is 1.